The van der Waals surface area contributed by atoms with Gasteiger partial charge in [0.25, 0.3) is 0 Å². The SMILES string of the molecule is Cc1occc1C(=O)Cc1cccc(F)c1. The fourth-order valence-corrected chi connectivity index (χ4v) is 1.60. The molecule has 0 radical (unpaired) electrons. The maximum absolute atomic E-state index is 12.9. The van der Waals surface area contributed by atoms with Gasteiger partial charge in [-0.3, -0.25) is 4.79 Å². The third kappa shape index (κ3) is 2.19. The summed E-state index contributed by atoms with van der Waals surface area (Å²) < 4.78 is 18.0. The van der Waals surface area contributed by atoms with Crippen LogP contribution >= 0.6 is 0 Å². The number of benzene rings is 1. The van der Waals surface area contributed by atoms with Crippen molar-refractivity contribution in [3.8, 4) is 0 Å². The van der Waals surface area contributed by atoms with Gasteiger partial charge in [-0.05, 0) is 30.7 Å². The molecule has 2 nitrogen and oxygen atoms in total. The Morgan fingerprint density at radius 2 is 2.19 bits per heavy atom. The summed E-state index contributed by atoms with van der Waals surface area (Å²) in [5, 5.41) is 0. The molecule has 0 aliphatic carbocycles. The monoisotopic (exact) mass is 218 g/mol. The lowest BCUT2D eigenvalue weighted by atomic mass is 10.0. The molecule has 0 saturated carbocycles. The first-order valence-corrected chi connectivity index (χ1v) is 4.98. The Bertz CT molecular complexity index is 514. The van der Waals surface area contributed by atoms with Crippen LogP contribution in [0.15, 0.2) is 41.0 Å². The van der Waals surface area contributed by atoms with E-state index in [2.05, 4.69) is 0 Å². The maximum atomic E-state index is 12.9. The predicted molar refractivity (Wildman–Crippen MR) is 57.9 cm³/mol. The van der Waals surface area contributed by atoms with Gasteiger partial charge in [-0.1, -0.05) is 12.1 Å². The average Bonchev–Trinajstić information content (AvgIpc) is 2.64. The van der Waals surface area contributed by atoms with Gasteiger partial charge < -0.3 is 4.42 Å². The predicted octanol–water partition coefficient (Wildman–Crippen LogP) is 3.15. The highest BCUT2D eigenvalue weighted by Gasteiger charge is 2.12. The van der Waals surface area contributed by atoms with E-state index in [-0.39, 0.29) is 18.0 Å². The molecule has 2 rings (SSSR count). The first-order valence-electron chi connectivity index (χ1n) is 4.98. The lowest BCUT2D eigenvalue weighted by Gasteiger charge is -2.00. The van der Waals surface area contributed by atoms with E-state index in [4.69, 9.17) is 4.42 Å². The molecule has 0 amide bonds. The summed E-state index contributed by atoms with van der Waals surface area (Å²) in [5.74, 6) is 0.215. The van der Waals surface area contributed by atoms with Gasteiger partial charge in [0, 0.05) is 6.42 Å². The minimum Gasteiger partial charge on any atom is -0.469 e. The van der Waals surface area contributed by atoms with Crippen LogP contribution in [0.2, 0.25) is 0 Å². The highest BCUT2D eigenvalue weighted by atomic mass is 19.1. The second-order valence-corrected chi connectivity index (χ2v) is 3.62. The highest BCUT2D eigenvalue weighted by molar-refractivity contribution is 5.98. The summed E-state index contributed by atoms with van der Waals surface area (Å²) in [7, 11) is 0. The summed E-state index contributed by atoms with van der Waals surface area (Å²) in [6, 6.07) is 7.69. The first-order chi connectivity index (χ1) is 7.66. The molecule has 0 aliphatic rings. The molecule has 0 atom stereocenters. The number of aryl methyl sites for hydroxylation is 1. The summed E-state index contributed by atoms with van der Waals surface area (Å²) in [6.07, 6.45) is 1.67. The van der Waals surface area contributed by atoms with Crippen molar-refractivity contribution in [2.24, 2.45) is 0 Å². The zero-order valence-corrected chi connectivity index (χ0v) is 8.87. The van der Waals surface area contributed by atoms with Crippen LogP contribution < -0.4 is 0 Å². The van der Waals surface area contributed by atoms with Crippen LogP contribution in [0.1, 0.15) is 21.7 Å². The van der Waals surface area contributed by atoms with Crippen LogP contribution in [0.4, 0.5) is 4.39 Å². The number of halogens is 1. The van der Waals surface area contributed by atoms with Crippen molar-refractivity contribution < 1.29 is 13.6 Å². The fourth-order valence-electron chi connectivity index (χ4n) is 1.60. The van der Waals surface area contributed by atoms with Gasteiger partial charge in [0.2, 0.25) is 0 Å². The van der Waals surface area contributed by atoms with Crippen LogP contribution in [-0.2, 0) is 6.42 Å². The lowest BCUT2D eigenvalue weighted by molar-refractivity contribution is 0.0991. The number of Topliss-reactive ketones (excluding diaryl/α,β-unsaturated/α-hetero) is 1. The standard InChI is InChI=1S/C13H11FO2/c1-9-12(5-6-16-9)13(15)8-10-3-2-4-11(14)7-10/h2-7H,8H2,1H3. The summed E-state index contributed by atoms with van der Waals surface area (Å²) in [5.41, 5.74) is 1.23. The minimum absolute atomic E-state index is 0.0585. The lowest BCUT2D eigenvalue weighted by Crippen LogP contribution is -2.03. The molecule has 1 heterocycles. The van der Waals surface area contributed by atoms with Crippen molar-refractivity contribution in [1.82, 2.24) is 0 Å². The summed E-state index contributed by atoms with van der Waals surface area (Å²) >= 11 is 0. The van der Waals surface area contributed by atoms with E-state index >= 15 is 0 Å². The number of hydrogen-bond acceptors (Lipinski definition) is 2. The second-order valence-electron chi connectivity index (χ2n) is 3.62. The molecule has 0 saturated heterocycles. The van der Waals surface area contributed by atoms with Crippen LogP contribution in [0.5, 0.6) is 0 Å². The smallest absolute Gasteiger partial charge is 0.170 e. The molecule has 0 fully saturated rings. The zero-order valence-electron chi connectivity index (χ0n) is 8.87. The Kier molecular flexibility index (Phi) is 2.86. The van der Waals surface area contributed by atoms with E-state index in [1.54, 1.807) is 25.1 Å². The quantitative estimate of drug-likeness (QED) is 0.741. The van der Waals surface area contributed by atoms with Crippen molar-refractivity contribution in [1.29, 1.82) is 0 Å². The van der Waals surface area contributed by atoms with Crippen molar-refractivity contribution in [3.05, 3.63) is 59.3 Å². The zero-order chi connectivity index (χ0) is 11.5. The largest absolute Gasteiger partial charge is 0.469 e. The Morgan fingerprint density at radius 1 is 1.38 bits per heavy atom. The third-order valence-corrected chi connectivity index (χ3v) is 2.41. The topological polar surface area (TPSA) is 30.2 Å². The van der Waals surface area contributed by atoms with E-state index in [0.717, 1.165) is 0 Å². The van der Waals surface area contributed by atoms with Gasteiger partial charge in [-0.15, -0.1) is 0 Å². The van der Waals surface area contributed by atoms with Crippen LogP contribution in [0.25, 0.3) is 0 Å². The number of ketones is 1. The van der Waals surface area contributed by atoms with Crippen molar-refractivity contribution >= 4 is 5.78 Å². The molecule has 0 bridgehead atoms. The Balaban J connectivity index is 2.17. The molecule has 0 spiro atoms. The summed E-state index contributed by atoms with van der Waals surface area (Å²) in [6.45, 7) is 1.73. The molecule has 3 heteroatoms. The van der Waals surface area contributed by atoms with E-state index in [0.29, 0.717) is 16.9 Å². The van der Waals surface area contributed by atoms with Gasteiger partial charge in [0.05, 0.1) is 11.8 Å². The second kappa shape index (κ2) is 4.31. The Morgan fingerprint density at radius 3 is 2.81 bits per heavy atom. The molecule has 1 aromatic carbocycles. The average molecular weight is 218 g/mol. The van der Waals surface area contributed by atoms with Crippen molar-refractivity contribution in [2.45, 2.75) is 13.3 Å². The molecule has 0 unspecified atom stereocenters. The van der Waals surface area contributed by atoms with Crippen LogP contribution in [-0.4, -0.2) is 5.78 Å². The summed E-state index contributed by atoms with van der Waals surface area (Å²) in [4.78, 5) is 11.8. The maximum Gasteiger partial charge on any atom is 0.170 e. The first kappa shape index (κ1) is 10.6. The van der Waals surface area contributed by atoms with Crippen LogP contribution in [0.3, 0.4) is 0 Å². The molecule has 16 heavy (non-hydrogen) atoms. The number of hydrogen-bond donors (Lipinski definition) is 0. The van der Waals surface area contributed by atoms with Gasteiger partial charge in [-0.2, -0.15) is 0 Å². The van der Waals surface area contributed by atoms with Gasteiger partial charge >= 0.3 is 0 Å². The van der Waals surface area contributed by atoms with E-state index < -0.39 is 0 Å². The fraction of sp³-hybridized carbons (Fsp3) is 0.154. The number of carbonyl (C=O) groups is 1. The van der Waals surface area contributed by atoms with Gasteiger partial charge in [0.15, 0.2) is 5.78 Å². The Labute approximate surface area is 92.7 Å². The molecular formula is C13H11FO2. The normalized spacial score (nSPS) is 10.4. The molecule has 82 valence electrons. The van der Waals surface area contributed by atoms with Gasteiger partial charge in [0.1, 0.15) is 11.6 Å². The van der Waals surface area contributed by atoms with Crippen molar-refractivity contribution in [3.63, 3.8) is 0 Å². The number of furan rings is 1. The van der Waals surface area contributed by atoms with Crippen molar-refractivity contribution in [2.75, 3.05) is 0 Å². The highest BCUT2D eigenvalue weighted by Crippen LogP contribution is 2.13. The number of carbonyl (C=O) groups excluding carboxylic acids is 1. The minimum atomic E-state index is -0.325. The van der Waals surface area contributed by atoms with E-state index in [1.165, 1.54) is 18.4 Å². The molecule has 1 aromatic heterocycles. The van der Waals surface area contributed by atoms with E-state index in [1.807, 2.05) is 0 Å². The molecular weight excluding hydrogens is 207 g/mol. The number of rotatable bonds is 3. The van der Waals surface area contributed by atoms with E-state index in [9.17, 15) is 9.18 Å². The van der Waals surface area contributed by atoms with Gasteiger partial charge in [-0.25, -0.2) is 4.39 Å². The third-order valence-electron chi connectivity index (χ3n) is 2.41. The molecule has 0 aliphatic heterocycles. The Hall–Kier alpha value is -1.90. The molecule has 2 aromatic rings. The van der Waals surface area contributed by atoms with Crippen LogP contribution in [0, 0.1) is 12.7 Å². The molecule has 0 N–H and O–H groups in total.